The van der Waals surface area contributed by atoms with E-state index in [0.717, 1.165) is 6.07 Å². The first kappa shape index (κ1) is 12.8. The highest BCUT2D eigenvalue weighted by atomic mass is 79.9. The van der Waals surface area contributed by atoms with Crippen molar-refractivity contribution < 1.29 is 13.5 Å². The van der Waals surface area contributed by atoms with E-state index in [1.165, 1.54) is 18.2 Å². The van der Waals surface area contributed by atoms with Gasteiger partial charge in [0.25, 0.3) is 0 Å². The predicted molar refractivity (Wildman–Crippen MR) is 69.7 cm³/mol. The van der Waals surface area contributed by atoms with Crippen LogP contribution in [0.4, 0.5) is 14.5 Å². The zero-order valence-electron chi connectivity index (χ0n) is 9.51. The third kappa shape index (κ3) is 2.61. The van der Waals surface area contributed by atoms with Gasteiger partial charge in [0.05, 0.1) is 5.69 Å². The molecule has 2 aromatic rings. The first-order valence-electron chi connectivity index (χ1n) is 5.16. The van der Waals surface area contributed by atoms with Crippen LogP contribution in [0.3, 0.4) is 0 Å². The van der Waals surface area contributed by atoms with E-state index in [4.69, 9.17) is 10.5 Å². The van der Waals surface area contributed by atoms with Gasteiger partial charge in [-0.2, -0.15) is 0 Å². The lowest BCUT2D eigenvalue weighted by atomic mass is 10.2. The van der Waals surface area contributed by atoms with E-state index in [9.17, 15) is 8.78 Å². The molecule has 0 unspecified atom stereocenters. The highest BCUT2D eigenvalue weighted by Crippen LogP contribution is 2.32. The van der Waals surface area contributed by atoms with Crippen molar-refractivity contribution in [1.82, 2.24) is 0 Å². The lowest BCUT2D eigenvalue weighted by Gasteiger charge is -2.10. The maximum atomic E-state index is 13.6. The summed E-state index contributed by atoms with van der Waals surface area (Å²) in [6.07, 6.45) is 0. The molecular formula is C13H10BrF2NO. The lowest BCUT2D eigenvalue weighted by molar-refractivity contribution is 0.442. The number of aryl methyl sites for hydroxylation is 1. The molecule has 18 heavy (non-hydrogen) atoms. The Morgan fingerprint density at radius 2 is 1.78 bits per heavy atom. The van der Waals surface area contributed by atoms with Crippen LogP contribution in [0.15, 0.2) is 34.8 Å². The third-order valence-corrected chi connectivity index (χ3v) is 2.90. The van der Waals surface area contributed by atoms with Crippen LogP contribution in [0.1, 0.15) is 5.56 Å². The molecule has 5 heteroatoms. The molecule has 0 aromatic heterocycles. The second-order valence-electron chi connectivity index (χ2n) is 3.82. The predicted octanol–water partition coefficient (Wildman–Crippen LogP) is 4.41. The summed E-state index contributed by atoms with van der Waals surface area (Å²) >= 11 is 3.15. The average molecular weight is 314 g/mol. The number of nitrogen functional groups attached to an aromatic ring is 1. The van der Waals surface area contributed by atoms with Gasteiger partial charge in [0.1, 0.15) is 5.82 Å². The van der Waals surface area contributed by atoms with Crippen molar-refractivity contribution in [2.45, 2.75) is 6.92 Å². The van der Waals surface area contributed by atoms with Crippen molar-refractivity contribution in [3.05, 3.63) is 52.0 Å². The molecule has 0 saturated heterocycles. The normalized spacial score (nSPS) is 10.4. The van der Waals surface area contributed by atoms with Gasteiger partial charge in [-0.25, -0.2) is 8.78 Å². The number of ether oxygens (including phenoxy) is 1. The summed E-state index contributed by atoms with van der Waals surface area (Å²) in [6, 6.07) is 6.98. The maximum Gasteiger partial charge on any atom is 0.166 e. The summed E-state index contributed by atoms with van der Waals surface area (Å²) < 4.78 is 32.7. The molecule has 0 saturated carbocycles. The molecule has 94 valence electrons. The molecule has 0 radical (unpaired) electrons. The summed E-state index contributed by atoms with van der Waals surface area (Å²) in [5.41, 5.74) is 6.13. The topological polar surface area (TPSA) is 35.2 Å². The Hall–Kier alpha value is -1.62. The van der Waals surface area contributed by atoms with Crippen molar-refractivity contribution in [2.75, 3.05) is 5.73 Å². The highest BCUT2D eigenvalue weighted by Gasteiger charge is 2.10. The van der Waals surface area contributed by atoms with Crippen molar-refractivity contribution in [3.8, 4) is 11.5 Å². The molecule has 0 spiro atoms. The van der Waals surface area contributed by atoms with Gasteiger partial charge in [-0.1, -0.05) is 15.9 Å². The van der Waals surface area contributed by atoms with E-state index >= 15 is 0 Å². The van der Waals surface area contributed by atoms with Crippen molar-refractivity contribution >= 4 is 21.6 Å². The van der Waals surface area contributed by atoms with Gasteiger partial charge in [-0.05, 0) is 36.8 Å². The molecule has 0 bridgehead atoms. The second-order valence-corrected chi connectivity index (χ2v) is 4.73. The zero-order chi connectivity index (χ0) is 13.3. The standard InChI is InChI=1S/C13H10BrF2NO/c1-7-4-13(11(17)6-9(7)15)18-12-3-2-8(14)5-10(12)16/h2-6H,17H2,1H3. The van der Waals surface area contributed by atoms with Gasteiger partial charge in [0.2, 0.25) is 0 Å². The molecule has 2 nitrogen and oxygen atoms in total. The SMILES string of the molecule is Cc1cc(Oc2ccc(Br)cc2F)c(N)cc1F. The molecule has 2 N–H and O–H groups in total. The van der Waals surface area contributed by atoms with E-state index in [0.29, 0.717) is 10.0 Å². The smallest absolute Gasteiger partial charge is 0.166 e. The van der Waals surface area contributed by atoms with E-state index < -0.39 is 11.6 Å². The molecule has 0 atom stereocenters. The van der Waals surface area contributed by atoms with Gasteiger partial charge >= 0.3 is 0 Å². The second kappa shape index (κ2) is 4.94. The van der Waals surface area contributed by atoms with Crippen LogP contribution < -0.4 is 10.5 Å². The molecule has 0 aliphatic rings. The number of anilines is 1. The number of hydrogen-bond donors (Lipinski definition) is 1. The maximum absolute atomic E-state index is 13.6. The van der Waals surface area contributed by atoms with Gasteiger partial charge in [-0.15, -0.1) is 0 Å². The number of hydrogen-bond acceptors (Lipinski definition) is 2. The van der Waals surface area contributed by atoms with Crippen LogP contribution in [0.2, 0.25) is 0 Å². The Labute approximate surface area is 112 Å². The van der Waals surface area contributed by atoms with Crippen molar-refractivity contribution in [3.63, 3.8) is 0 Å². The quantitative estimate of drug-likeness (QED) is 0.833. The fraction of sp³-hybridized carbons (Fsp3) is 0.0769. The first-order chi connectivity index (χ1) is 8.47. The van der Waals surface area contributed by atoms with E-state index in [1.54, 1.807) is 13.0 Å². The van der Waals surface area contributed by atoms with Crippen LogP contribution in [-0.2, 0) is 0 Å². The molecule has 0 fully saturated rings. The lowest BCUT2D eigenvalue weighted by Crippen LogP contribution is -1.96. The number of nitrogens with two attached hydrogens (primary N) is 1. The molecule has 2 rings (SSSR count). The minimum atomic E-state index is -0.522. The monoisotopic (exact) mass is 313 g/mol. The molecule has 0 aliphatic heterocycles. The molecular weight excluding hydrogens is 304 g/mol. The fourth-order valence-electron chi connectivity index (χ4n) is 1.44. The van der Waals surface area contributed by atoms with Gasteiger partial charge in [0.15, 0.2) is 17.3 Å². The van der Waals surface area contributed by atoms with Crippen LogP contribution >= 0.6 is 15.9 Å². The third-order valence-electron chi connectivity index (χ3n) is 2.40. The summed E-state index contributed by atoms with van der Waals surface area (Å²) in [6.45, 7) is 1.58. The number of benzene rings is 2. The molecule has 0 aliphatic carbocycles. The number of halogens is 3. The summed E-state index contributed by atoms with van der Waals surface area (Å²) in [5, 5.41) is 0. The molecule has 2 aromatic carbocycles. The van der Waals surface area contributed by atoms with Gasteiger partial charge in [0, 0.05) is 10.5 Å². The zero-order valence-corrected chi connectivity index (χ0v) is 11.1. The van der Waals surface area contributed by atoms with Crippen LogP contribution in [0.25, 0.3) is 0 Å². The summed E-state index contributed by atoms with van der Waals surface area (Å²) in [4.78, 5) is 0. The fourth-order valence-corrected chi connectivity index (χ4v) is 1.77. The van der Waals surface area contributed by atoms with E-state index in [-0.39, 0.29) is 17.2 Å². The van der Waals surface area contributed by atoms with E-state index in [2.05, 4.69) is 15.9 Å². The Balaban J connectivity index is 2.37. The summed E-state index contributed by atoms with van der Waals surface area (Å²) in [5.74, 6) is -0.673. The van der Waals surface area contributed by atoms with Crippen LogP contribution in [-0.4, -0.2) is 0 Å². The largest absolute Gasteiger partial charge is 0.452 e. The Morgan fingerprint density at radius 3 is 2.44 bits per heavy atom. The van der Waals surface area contributed by atoms with Crippen LogP contribution in [0.5, 0.6) is 11.5 Å². The van der Waals surface area contributed by atoms with Crippen molar-refractivity contribution in [1.29, 1.82) is 0 Å². The first-order valence-corrected chi connectivity index (χ1v) is 5.95. The van der Waals surface area contributed by atoms with Crippen LogP contribution in [0, 0.1) is 18.6 Å². The number of rotatable bonds is 2. The highest BCUT2D eigenvalue weighted by molar-refractivity contribution is 9.10. The Morgan fingerprint density at radius 1 is 1.06 bits per heavy atom. The van der Waals surface area contributed by atoms with Gasteiger partial charge in [-0.3, -0.25) is 0 Å². The van der Waals surface area contributed by atoms with Crippen molar-refractivity contribution in [2.24, 2.45) is 0 Å². The molecule has 0 heterocycles. The minimum absolute atomic E-state index is 0.0379. The van der Waals surface area contributed by atoms with E-state index in [1.807, 2.05) is 0 Å². The van der Waals surface area contributed by atoms with Gasteiger partial charge < -0.3 is 10.5 Å². The summed E-state index contributed by atoms with van der Waals surface area (Å²) in [7, 11) is 0. The molecule has 0 amide bonds. The minimum Gasteiger partial charge on any atom is -0.452 e. The Bertz CT molecular complexity index is 602. The Kier molecular flexibility index (Phi) is 3.52. The average Bonchev–Trinajstić information content (AvgIpc) is 2.29.